The number of imidazole rings is 1. The maximum atomic E-state index is 12.2. The number of nitrogens with zero attached hydrogens (tertiary/aromatic N) is 1. The molecule has 0 fully saturated rings. The van der Waals surface area contributed by atoms with Crippen molar-refractivity contribution in [2.45, 2.75) is 65.2 Å². The van der Waals surface area contributed by atoms with Crippen LogP contribution in [-0.4, -0.2) is 62.0 Å². The summed E-state index contributed by atoms with van der Waals surface area (Å²) in [5.74, 6) is -0.581. The lowest BCUT2D eigenvalue weighted by molar-refractivity contribution is -0.153. The highest BCUT2D eigenvalue weighted by atomic mass is 32.2. The Hall–Kier alpha value is -1.49. The second kappa shape index (κ2) is 10.9. The van der Waals surface area contributed by atoms with Gasteiger partial charge in [-0.1, -0.05) is 27.2 Å². The summed E-state index contributed by atoms with van der Waals surface area (Å²) >= 11 is 0. The van der Waals surface area contributed by atoms with Crippen LogP contribution in [0.3, 0.4) is 0 Å². The largest absolute Gasteiger partial charge is 0.462 e. The highest BCUT2D eigenvalue weighted by Crippen LogP contribution is 2.29. The Morgan fingerprint density at radius 3 is 2.64 bits per heavy atom. The number of H-pyrrole nitrogens is 1. The van der Waals surface area contributed by atoms with Crippen LogP contribution < -0.4 is 10.5 Å². The molecule has 162 valence electrons. The molecule has 0 saturated heterocycles. The molecule has 1 heterocycles. The number of esters is 1. The van der Waals surface area contributed by atoms with Crippen LogP contribution in [-0.2, 0) is 30.7 Å². The van der Waals surface area contributed by atoms with Gasteiger partial charge in [0, 0.05) is 24.9 Å². The normalized spacial score (nSPS) is 15.8. The van der Waals surface area contributed by atoms with Crippen molar-refractivity contribution in [3.63, 3.8) is 0 Å². The van der Waals surface area contributed by atoms with Gasteiger partial charge in [0.15, 0.2) is 0 Å². The summed E-state index contributed by atoms with van der Waals surface area (Å²) in [7, 11) is -3.40. The van der Waals surface area contributed by atoms with Gasteiger partial charge in [0.25, 0.3) is 0 Å². The summed E-state index contributed by atoms with van der Waals surface area (Å²) in [4.78, 5) is 18.9. The molecular formula is C18H34N4O5S. The second-order valence-corrected chi connectivity index (χ2v) is 9.61. The average molecular weight is 419 g/mol. The van der Waals surface area contributed by atoms with Crippen molar-refractivity contribution in [2.24, 2.45) is 11.1 Å². The summed E-state index contributed by atoms with van der Waals surface area (Å²) in [6, 6.07) is -0.849. The summed E-state index contributed by atoms with van der Waals surface area (Å²) in [5.41, 5.74) is 6.50. The zero-order valence-electron chi connectivity index (χ0n) is 17.4. The Labute approximate surface area is 167 Å². The predicted octanol–water partition coefficient (Wildman–Crippen LogP) is 0.972. The first kappa shape index (κ1) is 24.5. The molecule has 0 aromatic carbocycles. The standard InChI is InChI=1S/C18H34N4O5S/c1-6-7-18(3,4)13(2)27-15(10-22-28(5,24)25)11-26-17(23)16(19)8-14-9-20-12-21-14/h9,12-13,15-16,22H,6-8,10-11,19H2,1-5H3,(H,20,21)/t13-,15-,16-/m0/s1. The van der Waals surface area contributed by atoms with Crippen LogP contribution in [0.1, 0.15) is 46.2 Å². The minimum Gasteiger partial charge on any atom is -0.462 e. The summed E-state index contributed by atoms with van der Waals surface area (Å²) in [5, 5.41) is 0. The monoisotopic (exact) mass is 418 g/mol. The van der Waals surface area contributed by atoms with Crippen molar-refractivity contribution < 1.29 is 22.7 Å². The van der Waals surface area contributed by atoms with E-state index in [0.29, 0.717) is 0 Å². The van der Waals surface area contributed by atoms with Gasteiger partial charge in [0.1, 0.15) is 18.8 Å². The molecule has 3 atom stereocenters. The number of aromatic nitrogens is 2. The van der Waals surface area contributed by atoms with Crippen molar-refractivity contribution in [3.8, 4) is 0 Å². The maximum Gasteiger partial charge on any atom is 0.323 e. The molecule has 0 radical (unpaired) electrons. The number of carbonyl (C=O) groups is 1. The smallest absolute Gasteiger partial charge is 0.323 e. The van der Waals surface area contributed by atoms with E-state index in [1.165, 1.54) is 6.33 Å². The molecule has 9 nitrogen and oxygen atoms in total. The van der Waals surface area contributed by atoms with Crippen LogP contribution in [0.4, 0.5) is 0 Å². The number of rotatable bonds is 13. The fourth-order valence-corrected chi connectivity index (χ4v) is 3.20. The summed E-state index contributed by atoms with van der Waals surface area (Å²) in [6.45, 7) is 8.14. The highest BCUT2D eigenvalue weighted by Gasteiger charge is 2.29. The van der Waals surface area contributed by atoms with Gasteiger partial charge in [-0.05, 0) is 18.8 Å². The molecule has 1 aromatic heterocycles. The molecule has 0 aliphatic carbocycles. The van der Waals surface area contributed by atoms with E-state index in [2.05, 4.69) is 35.5 Å². The van der Waals surface area contributed by atoms with Gasteiger partial charge in [-0.3, -0.25) is 4.79 Å². The predicted molar refractivity (Wildman–Crippen MR) is 107 cm³/mol. The summed E-state index contributed by atoms with van der Waals surface area (Å²) < 4.78 is 36.6. The number of nitrogens with one attached hydrogen (secondary N) is 2. The number of hydrogen-bond donors (Lipinski definition) is 3. The molecule has 1 aromatic rings. The Morgan fingerprint density at radius 1 is 1.43 bits per heavy atom. The van der Waals surface area contributed by atoms with Crippen molar-refractivity contribution in [2.75, 3.05) is 19.4 Å². The van der Waals surface area contributed by atoms with Crippen LogP contribution in [0.15, 0.2) is 12.5 Å². The second-order valence-electron chi connectivity index (χ2n) is 7.78. The molecule has 0 aliphatic rings. The molecular weight excluding hydrogens is 384 g/mol. The van der Waals surface area contributed by atoms with Crippen LogP contribution in [0, 0.1) is 5.41 Å². The van der Waals surface area contributed by atoms with Gasteiger partial charge in [-0.25, -0.2) is 18.1 Å². The third-order valence-corrected chi connectivity index (χ3v) is 5.36. The zero-order chi connectivity index (χ0) is 21.4. The van der Waals surface area contributed by atoms with Crippen LogP contribution >= 0.6 is 0 Å². The lowest BCUT2D eigenvalue weighted by atomic mass is 9.83. The van der Waals surface area contributed by atoms with Crippen molar-refractivity contribution in [1.29, 1.82) is 0 Å². The number of hydrogen-bond acceptors (Lipinski definition) is 7. The summed E-state index contributed by atoms with van der Waals surface area (Å²) in [6.07, 6.45) is 5.62. The third-order valence-electron chi connectivity index (χ3n) is 4.67. The van der Waals surface area contributed by atoms with Gasteiger partial charge in [0.2, 0.25) is 10.0 Å². The fraction of sp³-hybridized carbons (Fsp3) is 0.778. The lowest BCUT2D eigenvalue weighted by Gasteiger charge is -2.34. The van der Waals surface area contributed by atoms with E-state index in [1.807, 2.05) is 6.92 Å². The molecule has 10 heteroatoms. The van der Waals surface area contributed by atoms with E-state index in [4.69, 9.17) is 15.2 Å². The molecule has 0 bridgehead atoms. The lowest BCUT2D eigenvalue weighted by Crippen LogP contribution is -2.43. The third kappa shape index (κ3) is 9.13. The first-order chi connectivity index (χ1) is 12.9. The van der Waals surface area contributed by atoms with Crippen molar-refractivity contribution in [3.05, 3.63) is 18.2 Å². The van der Waals surface area contributed by atoms with Crippen LogP contribution in [0.2, 0.25) is 0 Å². The number of aromatic amines is 1. The van der Waals surface area contributed by atoms with E-state index in [-0.39, 0.29) is 31.1 Å². The molecule has 0 amide bonds. The first-order valence-electron chi connectivity index (χ1n) is 9.44. The highest BCUT2D eigenvalue weighted by molar-refractivity contribution is 7.88. The Balaban J connectivity index is 2.66. The molecule has 0 aliphatic heterocycles. The maximum absolute atomic E-state index is 12.2. The number of nitrogens with two attached hydrogens (primary N) is 1. The quantitative estimate of drug-likeness (QED) is 0.406. The number of ether oxygens (including phenoxy) is 2. The average Bonchev–Trinajstić information content (AvgIpc) is 3.08. The number of carbonyl (C=O) groups excluding carboxylic acids is 1. The Bertz CT molecular complexity index is 691. The fourth-order valence-electron chi connectivity index (χ4n) is 2.71. The van der Waals surface area contributed by atoms with E-state index in [0.717, 1.165) is 24.8 Å². The number of sulfonamides is 1. The van der Waals surface area contributed by atoms with E-state index in [1.54, 1.807) is 6.20 Å². The molecule has 28 heavy (non-hydrogen) atoms. The van der Waals surface area contributed by atoms with Gasteiger partial charge in [-0.15, -0.1) is 0 Å². The van der Waals surface area contributed by atoms with Gasteiger partial charge in [0.05, 0.1) is 18.7 Å². The molecule has 1 rings (SSSR count). The Morgan fingerprint density at radius 2 is 2.11 bits per heavy atom. The van der Waals surface area contributed by atoms with Gasteiger partial charge < -0.3 is 20.2 Å². The first-order valence-corrected chi connectivity index (χ1v) is 11.3. The zero-order valence-corrected chi connectivity index (χ0v) is 18.2. The SMILES string of the molecule is CCCC(C)(C)[C@H](C)O[C@@H](CNS(C)(=O)=O)COC(=O)[C@@H](N)Cc1cnc[nH]1. The molecule has 0 saturated carbocycles. The molecule has 0 spiro atoms. The van der Waals surface area contributed by atoms with Crippen molar-refractivity contribution in [1.82, 2.24) is 14.7 Å². The Kier molecular flexibility index (Phi) is 9.55. The van der Waals surface area contributed by atoms with Crippen LogP contribution in [0.25, 0.3) is 0 Å². The van der Waals surface area contributed by atoms with Crippen molar-refractivity contribution >= 4 is 16.0 Å². The minimum absolute atomic E-state index is 0.00838. The van der Waals surface area contributed by atoms with E-state index in [9.17, 15) is 13.2 Å². The molecule has 0 unspecified atom stereocenters. The topological polar surface area (TPSA) is 136 Å². The van der Waals surface area contributed by atoms with E-state index >= 15 is 0 Å². The minimum atomic E-state index is -3.40. The van der Waals surface area contributed by atoms with Gasteiger partial charge in [-0.2, -0.15) is 0 Å². The van der Waals surface area contributed by atoms with Crippen LogP contribution in [0.5, 0.6) is 0 Å². The van der Waals surface area contributed by atoms with E-state index < -0.39 is 28.1 Å². The molecule has 4 N–H and O–H groups in total. The van der Waals surface area contributed by atoms with Gasteiger partial charge >= 0.3 is 5.97 Å².